The monoisotopic (exact) mass is 275 g/mol. The normalized spacial score (nSPS) is 11.2. The molecule has 1 nitrogen and oxygen atoms in total. The van der Waals surface area contributed by atoms with E-state index in [1.807, 2.05) is 12.3 Å². The summed E-state index contributed by atoms with van der Waals surface area (Å²) >= 11 is 0. The Morgan fingerprint density at radius 2 is 1.81 bits per heavy atom. The highest BCUT2D eigenvalue weighted by Gasteiger charge is 2.08. The molecule has 0 radical (unpaired) electrons. The number of para-hydroxylation sites is 1. The molecule has 3 rings (SSSR count). The minimum atomic E-state index is 0.550. The molecule has 0 spiro atoms. The maximum Gasteiger partial charge on any atom is 0.0702 e. The van der Waals surface area contributed by atoms with E-state index in [-0.39, 0.29) is 0 Å². The van der Waals surface area contributed by atoms with Crippen LogP contribution < -0.4 is 0 Å². The van der Waals surface area contributed by atoms with Crippen LogP contribution in [0.1, 0.15) is 42.0 Å². The molecule has 1 heteroatoms. The van der Waals surface area contributed by atoms with E-state index in [9.17, 15) is 0 Å². The van der Waals surface area contributed by atoms with Gasteiger partial charge in [-0.15, -0.1) is 0 Å². The van der Waals surface area contributed by atoms with Crippen LogP contribution in [-0.4, -0.2) is 4.98 Å². The maximum atomic E-state index is 4.57. The van der Waals surface area contributed by atoms with Crippen molar-refractivity contribution in [3.8, 4) is 0 Å². The highest BCUT2D eigenvalue weighted by atomic mass is 14.6. The number of pyridine rings is 1. The van der Waals surface area contributed by atoms with Gasteiger partial charge in [-0.2, -0.15) is 0 Å². The first-order valence-electron chi connectivity index (χ1n) is 7.56. The first kappa shape index (κ1) is 13.8. The molecule has 21 heavy (non-hydrogen) atoms. The van der Waals surface area contributed by atoms with Crippen molar-refractivity contribution in [3.05, 3.63) is 77.0 Å². The van der Waals surface area contributed by atoms with Gasteiger partial charge in [0.2, 0.25) is 0 Å². The SMILES string of the molecule is Cc1ccc(C(C)C)c(Cc2cnc3ccccc3c2)c1. The second kappa shape index (κ2) is 5.69. The summed E-state index contributed by atoms with van der Waals surface area (Å²) < 4.78 is 0. The minimum Gasteiger partial charge on any atom is -0.256 e. The average molecular weight is 275 g/mol. The predicted octanol–water partition coefficient (Wildman–Crippen LogP) is 5.26. The number of fused-ring (bicyclic) bond motifs is 1. The van der Waals surface area contributed by atoms with Crippen LogP contribution in [0.25, 0.3) is 10.9 Å². The van der Waals surface area contributed by atoms with Crippen molar-refractivity contribution in [2.45, 2.75) is 33.1 Å². The van der Waals surface area contributed by atoms with Crippen molar-refractivity contribution < 1.29 is 0 Å². The van der Waals surface area contributed by atoms with Crippen molar-refractivity contribution >= 4 is 10.9 Å². The Bertz CT molecular complexity index is 772. The lowest BCUT2D eigenvalue weighted by Crippen LogP contribution is -1.99. The van der Waals surface area contributed by atoms with Crippen molar-refractivity contribution in [2.24, 2.45) is 0 Å². The fourth-order valence-electron chi connectivity index (χ4n) is 2.88. The molecule has 0 aliphatic heterocycles. The van der Waals surface area contributed by atoms with Crippen LogP contribution in [0.2, 0.25) is 0 Å². The molecule has 0 fully saturated rings. The molecular formula is C20H21N. The van der Waals surface area contributed by atoms with Crippen LogP contribution in [0.5, 0.6) is 0 Å². The van der Waals surface area contributed by atoms with Crippen molar-refractivity contribution in [1.82, 2.24) is 4.98 Å². The number of aryl methyl sites for hydroxylation is 1. The zero-order valence-corrected chi connectivity index (χ0v) is 12.9. The van der Waals surface area contributed by atoms with Gasteiger partial charge >= 0.3 is 0 Å². The smallest absolute Gasteiger partial charge is 0.0702 e. The Morgan fingerprint density at radius 1 is 1.00 bits per heavy atom. The Labute approximate surface area is 126 Å². The van der Waals surface area contributed by atoms with Crippen molar-refractivity contribution in [2.75, 3.05) is 0 Å². The van der Waals surface area contributed by atoms with Gasteiger partial charge in [0.15, 0.2) is 0 Å². The van der Waals surface area contributed by atoms with Crippen LogP contribution in [0, 0.1) is 6.92 Å². The van der Waals surface area contributed by atoms with Crippen LogP contribution >= 0.6 is 0 Å². The lowest BCUT2D eigenvalue weighted by Gasteiger charge is -2.14. The maximum absolute atomic E-state index is 4.57. The number of aromatic nitrogens is 1. The largest absolute Gasteiger partial charge is 0.256 e. The molecule has 0 bridgehead atoms. The van der Waals surface area contributed by atoms with Gasteiger partial charge in [-0.1, -0.05) is 55.8 Å². The fourth-order valence-corrected chi connectivity index (χ4v) is 2.88. The summed E-state index contributed by atoms with van der Waals surface area (Å²) in [6.07, 6.45) is 2.96. The molecular weight excluding hydrogens is 254 g/mol. The topological polar surface area (TPSA) is 12.9 Å². The molecule has 1 aromatic heterocycles. The standard InChI is InChI=1S/C20H21N/c1-14(2)19-9-8-15(3)10-18(19)12-16-11-17-6-4-5-7-20(17)21-13-16/h4-11,13-14H,12H2,1-3H3. The van der Waals surface area contributed by atoms with Crippen LogP contribution in [-0.2, 0) is 6.42 Å². The Morgan fingerprint density at radius 3 is 2.62 bits per heavy atom. The fraction of sp³-hybridized carbons (Fsp3) is 0.250. The predicted molar refractivity (Wildman–Crippen MR) is 89.8 cm³/mol. The molecule has 2 aromatic carbocycles. The number of benzene rings is 2. The van der Waals surface area contributed by atoms with E-state index >= 15 is 0 Å². The number of hydrogen-bond acceptors (Lipinski definition) is 1. The molecule has 0 atom stereocenters. The van der Waals surface area contributed by atoms with Gasteiger partial charge < -0.3 is 0 Å². The zero-order valence-electron chi connectivity index (χ0n) is 12.9. The summed E-state index contributed by atoms with van der Waals surface area (Å²) in [7, 11) is 0. The van der Waals surface area contributed by atoms with Gasteiger partial charge in [0.1, 0.15) is 0 Å². The van der Waals surface area contributed by atoms with E-state index in [2.05, 4.69) is 68.2 Å². The van der Waals surface area contributed by atoms with E-state index in [0.29, 0.717) is 5.92 Å². The molecule has 0 aliphatic rings. The van der Waals surface area contributed by atoms with Gasteiger partial charge in [-0.05, 0) is 48.1 Å². The summed E-state index contributed by atoms with van der Waals surface area (Å²) in [5.74, 6) is 0.550. The zero-order chi connectivity index (χ0) is 14.8. The lowest BCUT2D eigenvalue weighted by molar-refractivity contribution is 0.847. The second-order valence-corrected chi connectivity index (χ2v) is 6.07. The lowest BCUT2D eigenvalue weighted by atomic mass is 9.92. The Balaban J connectivity index is 2.00. The number of hydrogen-bond donors (Lipinski definition) is 0. The molecule has 1 heterocycles. The number of nitrogens with zero attached hydrogens (tertiary/aromatic N) is 1. The molecule has 0 aliphatic carbocycles. The van der Waals surface area contributed by atoms with Crippen molar-refractivity contribution in [1.29, 1.82) is 0 Å². The van der Waals surface area contributed by atoms with E-state index < -0.39 is 0 Å². The summed E-state index contributed by atoms with van der Waals surface area (Å²) in [6, 6.07) is 17.3. The third kappa shape index (κ3) is 2.97. The molecule has 0 unspecified atom stereocenters. The van der Waals surface area contributed by atoms with Gasteiger partial charge in [0.25, 0.3) is 0 Å². The third-order valence-electron chi connectivity index (χ3n) is 3.96. The van der Waals surface area contributed by atoms with Crippen molar-refractivity contribution in [3.63, 3.8) is 0 Å². The van der Waals surface area contributed by atoms with E-state index in [1.165, 1.54) is 27.6 Å². The van der Waals surface area contributed by atoms with Gasteiger partial charge in [-0.3, -0.25) is 4.98 Å². The second-order valence-electron chi connectivity index (χ2n) is 6.07. The average Bonchev–Trinajstić information content (AvgIpc) is 2.47. The molecule has 0 amide bonds. The molecule has 0 N–H and O–H groups in total. The third-order valence-corrected chi connectivity index (χ3v) is 3.96. The minimum absolute atomic E-state index is 0.550. The van der Waals surface area contributed by atoms with Crippen LogP contribution in [0.4, 0.5) is 0 Å². The van der Waals surface area contributed by atoms with Gasteiger partial charge in [0.05, 0.1) is 5.52 Å². The van der Waals surface area contributed by atoms with E-state index in [4.69, 9.17) is 0 Å². The highest BCUT2D eigenvalue weighted by molar-refractivity contribution is 5.78. The number of rotatable bonds is 3. The summed E-state index contributed by atoms with van der Waals surface area (Å²) in [4.78, 5) is 4.57. The van der Waals surface area contributed by atoms with E-state index in [0.717, 1.165) is 11.9 Å². The molecule has 3 aromatic rings. The van der Waals surface area contributed by atoms with Crippen LogP contribution in [0.15, 0.2) is 54.7 Å². The highest BCUT2D eigenvalue weighted by Crippen LogP contribution is 2.24. The Hall–Kier alpha value is -2.15. The summed E-state index contributed by atoms with van der Waals surface area (Å²) in [5, 5.41) is 1.22. The molecule has 0 saturated carbocycles. The molecule has 106 valence electrons. The van der Waals surface area contributed by atoms with E-state index in [1.54, 1.807) is 0 Å². The summed E-state index contributed by atoms with van der Waals surface area (Å²) in [5.41, 5.74) is 6.52. The molecule has 0 saturated heterocycles. The van der Waals surface area contributed by atoms with Crippen LogP contribution in [0.3, 0.4) is 0 Å². The first-order chi connectivity index (χ1) is 10.1. The summed E-state index contributed by atoms with van der Waals surface area (Å²) in [6.45, 7) is 6.67. The Kier molecular flexibility index (Phi) is 3.74. The quantitative estimate of drug-likeness (QED) is 0.635. The van der Waals surface area contributed by atoms with Gasteiger partial charge in [-0.25, -0.2) is 0 Å². The first-order valence-corrected chi connectivity index (χ1v) is 7.56. The van der Waals surface area contributed by atoms with Gasteiger partial charge in [0, 0.05) is 11.6 Å².